The van der Waals surface area contributed by atoms with Crippen molar-refractivity contribution < 1.29 is 14.3 Å². The first-order valence-electron chi connectivity index (χ1n) is 6.44. The Morgan fingerprint density at radius 2 is 2.15 bits per heavy atom. The topological polar surface area (TPSA) is 63.3 Å². The van der Waals surface area contributed by atoms with Gasteiger partial charge in [0.25, 0.3) is 0 Å². The Labute approximate surface area is 118 Å². The second-order valence-electron chi connectivity index (χ2n) is 4.96. The van der Waals surface area contributed by atoms with Gasteiger partial charge in [-0.15, -0.1) is 11.3 Å². The molecule has 1 aliphatic rings. The van der Waals surface area contributed by atoms with E-state index in [-0.39, 0.29) is 11.7 Å². The average molecular weight is 285 g/mol. The van der Waals surface area contributed by atoms with Gasteiger partial charge in [-0.2, -0.15) is 0 Å². The number of aromatic carboxylic acids is 1. The van der Waals surface area contributed by atoms with Gasteiger partial charge in [0.05, 0.1) is 11.3 Å². The van der Waals surface area contributed by atoms with Gasteiger partial charge in [-0.25, -0.2) is 9.78 Å². The quantitative estimate of drug-likeness (QED) is 0.785. The maximum absolute atomic E-state index is 11.3. The van der Waals surface area contributed by atoms with E-state index < -0.39 is 5.97 Å². The Bertz CT molecular complexity index is 814. The van der Waals surface area contributed by atoms with Crippen molar-refractivity contribution >= 4 is 27.4 Å². The molecule has 1 N–H and O–H groups in total. The van der Waals surface area contributed by atoms with Gasteiger partial charge >= 0.3 is 5.97 Å². The summed E-state index contributed by atoms with van der Waals surface area (Å²) in [5, 5.41) is 12.3. The molecule has 0 radical (unpaired) electrons. The van der Waals surface area contributed by atoms with Gasteiger partial charge < -0.3 is 9.52 Å². The van der Waals surface area contributed by atoms with Crippen molar-refractivity contribution in [3.8, 4) is 11.5 Å². The summed E-state index contributed by atoms with van der Waals surface area (Å²) in [5.41, 5.74) is 1.47. The van der Waals surface area contributed by atoms with Crippen LogP contribution in [0.15, 0.2) is 34.1 Å². The summed E-state index contributed by atoms with van der Waals surface area (Å²) in [6, 6.07) is 7.98. The molecule has 4 rings (SSSR count). The van der Waals surface area contributed by atoms with Crippen molar-refractivity contribution in [3.63, 3.8) is 0 Å². The number of fused-ring (bicyclic) bond motifs is 1. The summed E-state index contributed by atoms with van der Waals surface area (Å²) in [4.78, 5) is 15.7. The molecule has 2 heterocycles. The van der Waals surface area contributed by atoms with Gasteiger partial charge in [-0.3, -0.25) is 0 Å². The number of hydrogen-bond donors (Lipinski definition) is 1. The molecule has 0 spiro atoms. The van der Waals surface area contributed by atoms with Crippen LogP contribution < -0.4 is 0 Å². The molecule has 3 aromatic rings. The summed E-state index contributed by atoms with van der Waals surface area (Å²) in [6.45, 7) is 0. The molecule has 1 aliphatic carbocycles. The highest BCUT2D eigenvalue weighted by Crippen LogP contribution is 2.43. The Morgan fingerprint density at radius 1 is 1.35 bits per heavy atom. The van der Waals surface area contributed by atoms with Crippen molar-refractivity contribution in [1.29, 1.82) is 0 Å². The van der Waals surface area contributed by atoms with Crippen LogP contribution in [0.4, 0.5) is 0 Å². The number of thiophene rings is 1. The Hall–Kier alpha value is -2.14. The van der Waals surface area contributed by atoms with Gasteiger partial charge in [-0.1, -0.05) is 18.2 Å². The fourth-order valence-electron chi connectivity index (χ4n) is 2.38. The zero-order valence-corrected chi connectivity index (χ0v) is 11.3. The highest BCUT2D eigenvalue weighted by molar-refractivity contribution is 7.17. The standard InChI is InChI=1S/C15H11NO3S/c17-15(18)13-12(8-5-6-8)16-14(19-13)10-7-20-11-4-2-1-3-9(10)11/h1-4,7-8H,5-6H2,(H,17,18). The third kappa shape index (κ3) is 1.74. The molecule has 4 nitrogen and oxygen atoms in total. The van der Waals surface area contributed by atoms with Crippen LogP contribution in [-0.4, -0.2) is 16.1 Å². The van der Waals surface area contributed by atoms with Crippen molar-refractivity contribution in [2.24, 2.45) is 0 Å². The van der Waals surface area contributed by atoms with Crippen LogP contribution in [0.5, 0.6) is 0 Å². The zero-order chi connectivity index (χ0) is 13.7. The second-order valence-corrected chi connectivity index (χ2v) is 5.87. The molecule has 1 fully saturated rings. The van der Waals surface area contributed by atoms with E-state index in [0.29, 0.717) is 11.6 Å². The number of carboxylic acid groups (broad SMARTS) is 1. The molecule has 0 atom stereocenters. The number of benzene rings is 1. The van der Waals surface area contributed by atoms with Crippen LogP contribution in [0.25, 0.3) is 21.5 Å². The molecule has 1 aromatic carbocycles. The number of carbonyl (C=O) groups is 1. The molecular formula is C15H11NO3S. The van der Waals surface area contributed by atoms with Crippen molar-refractivity contribution in [2.75, 3.05) is 0 Å². The van der Waals surface area contributed by atoms with Crippen molar-refractivity contribution in [1.82, 2.24) is 4.98 Å². The van der Waals surface area contributed by atoms with E-state index in [1.54, 1.807) is 11.3 Å². The van der Waals surface area contributed by atoms with Gasteiger partial charge in [0.2, 0.25) is 11.7 Å². The van der Waals surface area contributed by atoms with Gasteiger partial charge in [-0.05, 0) is 18.9 Å². The summed E-state index contributed by atoms with van der Waals surface area (Å²) in [7, 11) is 0. The van der Waals surface area contributed by atoms with Crippen LogP contribution >= 0.6 is 11.3 Å². The molecule has 100 valence electrons. The zero-order valence-electron chi connectivity index (χ0n) is 10.5. The van der Waals surface area contributed by atoms with Crippen molar-refractivity contribution in [3.05, 3.63) is 41.1 Å². The lowest BCUT2D eigenvalue weighted by Gasteiger charge is -1.92. The largest absolute Gasteiger partial charge is 0.475 e. The monoisotopic (exact) mass is 285 g/mol. The van der Waals surface area contributed by atoms with Crippen LogP contribution in [0, 0.1) is 0 Å². The first-order chi connectivity index (χ1) is 9.74. The van der Waals surface area contributed by atoms with E-state index in [1.165, 1.54) is 0 Å². The molecular weight excluding hydrogens is 274 g/mol. The lowest BCUT2D eigenvalue weighted by atomic mass is 10.2. The van der Waals surface area contributed by atoms with Crippen LogP contribution in [0.3, 0.4) is 0 Å². The van der Waals surface area contributed by atoms with Crippen LogP contribution in [0.2, 0.25) is 0 Å². The molecule has 1 saturated carbocycles. The number of nitrogens with zero attached hydrogens (tertiary/aromatic N) is 1. The minimum atomic E-state index is -1.04. The molecule has 20 heavy (non-hydrogen) atoms. The van der Waals surface area contributed by atoms with E-state index in [1.807, 2.05) is 29.6 Å². The van der Waals surface area contributed by atoms with E-state index in [0.717, 1.165) is 28.5 Å². The smallest absolute Gasteiger partial charge is 0.373 e. The fraction of sp³-hybridized carbons (Fsp3) is 0.200. The molecule has 0 saturated heterocycles. The maximum Gasteiger partial charge on any atom is 0.373 e. The van der Waals surface area contributed by atoms with Gasteiger partial charge in [0.1, 0.15) is 0 Å². The lowest BCUT2D eigenvalue weighted by Crippen LogP contribution is -1.98. The second kappa shape index (κ2) is 4.18. The molecule has 0 bridgehead atoms. The number of rotatable bonds is 3. The lowest BCUT2D eigenvalue weighted by molar-refractivity contribution is 0.0661. The highest BCUT2D eigenvalue weighted by atomic mass is 32.1. The van der Waals surface area contributed by atoms with Crippen LogP contribution in [-0.2, 0) is 0 Å². The van der Waals surface area contributed by atoms with E-state index in [2.05, 4.69) is 4.98 Å². The van der Waals surface area contributed by atoms with E-state index in [9.17, 15) is 9.90 Å². The van der Waals surface area contributed by atoms with E-state index >= 15 is 0 Å². The van der Waals surface area contributed by atoms with Crippen molar-refractivity contribution in [2.45, 2.75) is 18.8 Å². The molecule has 2 aromatic heterocycles. The Kier molecular flexibility index (Phi) is 2.44. The first kappa shape index (κ1) is 11.7. The fourth-order valence-corrected chi connectivity index (χ4v) is 3.31. The predicted octanol–water partition coefficient (Wildman–Crippen LogP) is 4.13. The molecule has 0 aliphatic heterocycles. The maximum atomic E-state index is 11.3. The summed E-state index contributed by atoms with van der Waals surface area (Å²) < 4.78 is 6.67. The molecule has 5 heteroatoms. The average Bonchev–Trinajstić information content (AvgIpc) is 3.05. The van der Waals surface area contributed by atoms with E-state index in [4.69, 9.17) is 4.42 Å². The number of aromatic nitrogens is 1. The number of carboxylic acids is 1. The Balaban J connectivity index is 1.90. The van der Waals surface area contributed by atoms with Crippen LogP contribution in [0.1, 0.15) is 35.0 Å². The highest BCUT2D eigenvalue weighted by Gasteiger charge is 2.34. The first-order valence-corrected chi connectivity index (χ1v) is 7.32. The van der Waals surface area contributed by atoms with Gasteiger partial charge in [0.15, 0.2) is 0 Å². The minimum Gasteiger partial charge on any atom is -0.475 e. The Morgan fingerprint density at radius 3 is 2.90 bits per heavy atom. The molecule has 0 amide bonds. The van der Waals surface area contributed by atoms with Gasteiger partial charge in [0, 0.05) is 21.4 Å². The summed E-state index contributed by atoms with van der Waals surface area (Å²) in [6.07, 6.45) is 1.99. The number of hydrogen-bond acceptors (Lipinski definition) is 4. The normalized spacial score (nSPS) is 14.8. The third-order valence-corrected chi connectivity index (χ3v) is 4.49. The molecule has 0 unspecified atom stereocenters. The summed E-state index contributed by atoms with van der Waals surface area (Å²) in [5.74, 6) is -0.367. The summed E-state index contributed by atoms with van der Waals surface area (Å²) >= 11 is 1.61. The third-order valence-electron chi connectivity index (χ3n) is 3.52. The minimum absolute atomic E-state index is 0.00205. The predicted molar refractivity (Wildman–Crippen MR) is 76.3 cm³/mol. The number of oxazole rings is 1. The SMILES string of the molecule is O=C(O)c1oc(-c2csc3ccccc23)nc1C1CC1.